The number of unbranched alkanes of at least 4 members (excludes halogenated alkanes) is 5. The van der Waals surface area contributed by atoms with Gasteiger partial charge in [0.1, 0.15) is 0 Å². The topological polar surface area (TPSA) is 33.7 Å². The Morgan fingerprint density at radius 1 is 1.00 bits per heavy atom. The summed E-state index contributed by atoms with van der Waals surface area (Å²) in [5, 5.41) is 3.43. The minimum atomic E-state index is 0.780. The predicted molar refractivity (Wildman–Crippen MR) is 109 cm³/mol. The summed E-state index contributed by atoms with van der Waals surface area (Å²) in [7, 11) is 1.75. The highest BCUT2D eigenvalue weighted by Crippen LogP contribution is 2.34. The Bertz CT molecular complexity index is 513. The van der Waals surface area contributed by atoms with Crippen LogP contribution >= 0.6 is 0 Å². The minimum absolute atomic E-state index is 0.780. The van der Waals surface area contributed by atoms with Crippen molar-refractivity contribution in [1.29, 1.82) is 0 Å². The van der Waals surface area contributed by atoms with Crippen molar-refractivity contribution in [2.45, 2.75) is 65.3 Å². The third kappa shape index (κ3) is 6.81. The van der Waals surface area contributed by atoms with Crippen LogP contribution in [0.2, 0.25) is 0 Å². The molecule has 26 heavy (non-hydrogen) atoms. The molecule has 4 nitrogen and oxygen atoms in total. The van der Waals surface area contributed by atoms with Crippen molar-refractivity contribution in [3.63, 3.8) is 0 Å². The van der Waals surface area contributed by atoms with Gasteiger partial charge in [-0.2, -0.15) is 0 Å². The van der Waals surface area contributed by atoms with Crippen LogP contribution < -0.4 is 14.8 Å². The van der Waals surface area contributed by atoms with Gasteiger partial charge in [-0.3, -0.25) is 4.90 Å². The zero-order chi connectivity index (χ0) is 18.6. The Balaban J connectivity index is 1.99. The molecule has 0 bridgehead atoms. The Morgan fingerprint density at radius 3 is 2.42 bits per heavy atom. The first-order valence-corrected chi connectivity index (χ1v) is 10.5. The fraction of sp³-hybridized carbons (Fsp3) is 0.727. The fourth-order valence-corrected chi connectivity index (χ4v) is 3.53. The van der Waals surface area contributed by atoms with E-state index in [0.717, 1.165) is 63.7 Å². The Labute approximate surface area is 160 Å². The van der Waals surface area contributed by atoms with Crippen molar-refractivity contribution in [2.75, 3.05) is 39.9 Å². The summed E-state index contributed by atoms with van der Waals surface area (Å²) in [5.74, 6) is 1.84. The van der Waals surface area contributed by atoms with Crippen LogP contribution in [0.3, 0.4) is 0 Å². The first-order valence-electron chi connectivity index (χ1n) is 10.5. The molecule has 0 unspecified atom stereocenters. The summed E-state index contributed by atoms with van der Waals surface area (Å²) in [6, 6.07) is 4.44. The molecule has 1 aliphatic heterocycles. The third-order valence-electron chi connectivity index (χ3n) is 5.17. The molecule has 1 aliphatic rings. The molecular weight excluding hydrogens is 324 g/mol. The number of benzene rings is 1. The van der Waals surface area contributed by atoms with E-state index in [9.17, 15) is 0 Å². The number of nitrogens with one attached hydrogen (secondary N) is 1. The largest absolute Gasteiger partial charge is 0.493 e. The predicted octanol–water partition coefficient (Wildman–Crippen LogP) is 4.40. The van der Waals surface area contributed by atoms with Gasteiger partial charge in [0, 0.05) is 38.3 Å². The maximum Gasteiger partial charge on any atom is 0.165 e. The highest BCUT2D eigenvalue weighted by Gasteiger charge is 2.17. The molecule has 0 aromatic heterocycles. The molecule has 1 N–H and O–H groups in total. The van der Waals surface area contributed by atoms with Crippen LogP contribution in [0.25, 0.3) is 0 Å². The minimum Gasteiger partial charge on any atom is -0.493 e. The van der Waals surface area contributed by atoms with Gasteiger partial charge in [-0.1, -0.05) is 52.0 Å². The number of methoxy groups -OCH3 is 1. The van der Waals surface area contributed by atoms with Crippen LogP contribution in [0.5, 0.6) is 11.5 Å². The van der Waals surface area contributed by atoms with Crippen molar-refractivity contribution in [2.24, 2.45) is 0 Å². The molecule has 1 saturated heterocycles. The molecular formula is C22H38N2O2. The van der Waals surface area contributed by atoms with Gasteiger partial charge in [-0.25, -0.2) is 0 Å². The molecule has 0 amide bonds. The number of nitrogens with zero attached hydrogens (tertiary/aromatic N) is 1. The normalized spacial score (nSPS) is 15.2. The standard InChI is InChI=1S/C22H38N2O2/c1-4-6-7-8-9-10-15-26-22-20(18-24-13-11-23-12-14-24)16-19(5-2)17-21(22)25-3/h16-17,23H,4-15,18H2,1-3H3. The molecule has 148 valence electrons. The van der Waals surface area contributed by atoms with Gasteiger partial charge in [0.25, 0.3) is 0 Å². The quantitative estimate of drug-likeness (QED) is 0.559. The summed E-state index contributed by atoms with van der Waals surface area (Å²) in [4.78, 5) is 2.50. The van der Waals surface area contributed by atoms with E-state index in [1.807, 2.05) is 0 Å². The second-order valence-corrected chi connectivity index (χ2v) is 7.28. The van der Waals surface area contributed by atoms with Gasteiger partial charge in [0.05, 0.1) is 13.7 Å². The maximum atomic E-state index is 6.24. The highest BCUT2D eigenvalue weighted by atomic mass is 16.5. The van der Waals surface area contributed by atoms with Gasteiger partial charge < -0.3 is 14.8 Å². The van der Waals surface area contributed by atoms with Crippen molar-refractivity contribution in [1.82, 2.24) is 10.2 Å². The summed E-state index contributed by atoms with van der Waals surface area (Å²) >= 11 is 0. The smallest absolute Gasteiger partial charge is 0.165 e. The first-order chi connectivity index (χ1) is 12.8. The summed E-state index contributed by atoms with van der Waals surface area (Å²) in [5.41, 5.74) is 2.59. The number of hydrogen-bond donors (Lipinski definition) is 1. The summed E-state index contributed by atoms with van der Waals surface area (Å²) < 4.78 is 11.9. The second-order valence-electron chi connectivity index (χ2n) is 7.28. The number of ether oxygens (including phenoxy) is 2. The van der Waals surface area contributed by atoms with Gasteiger partial charge in [0.15, 0.2) is 11.5 Å². The van der Waals surface area contributed by atoms with E-state index in [4.69, 9.17) is 9.47 Å². The Hall–Kier alpha value is -1.26. The van der Waals surface area contributed by atoms with E-state index < -0.39 is 0 Å². The molecule has 0 atom stereocenters. The number of piperazine rings is 1. The van der Waals surface area contributed by atoms with Crippen LogP contribution in [0, 0.1) is 0 Å². The maximum absolute atomic E-state index is 6.24. The van der Waals surface area contributed by atoms with Crippen molar-refractivity contribution in [3.05, 3.63) is 23.3 Å². The van der Waals surface area contributed by atoms with Crippen molar-refractivity contribution >= 4 is 0 Å². The number of hydrogen-bond acceptors (Lipinski definition) is 4. The monoisotopic (exact) mass is 362 g/mol. The Kier molecular flexibility index (Phi) is 9.86. The van der Waals surface area contributed by atoms with E-state index in [-0.39, 0.29) is 0 Å². The van der Waals surface area contributed by atoms with E-state index in [1.165, 1.54) is 43.2 Å². The number of aryl methyl sites for hydroxylation is 1. The van der Waals surface area contributed by atoms with Gasteiger partial charge in [-0.15, -0.1) is 0 Å². The number of rotatable bonds is 12. The molecule has 2 rings (SSSR count). The average Bonchev–Trinajstić information content (AvgIpc) is 2.68. The molecule has 4 heteroatoms. The van der Waals surface area contributed by atoms with E-state index in [2.05, 4.69) is 36.2 Å². The zero-order valence-corrected chi connectivity index (χ0v) is 17.1. The highest BCUT2D eigenvalue weighted by molar-refractivity contribution is 5.49. The van der Waals surface area contributed by atoms with E-state index in [1.54, 1.807) is 7.11 Å². The van der Waals surface area contributed by atoms with Crippen LogP contribution in [-0.4, -0.2) is 44.8 Å². The van der Waals surface area contributed by atoms with Crippen LogP contribution in [0.4, 0.5) is 0 Å². The molecule has 0 aliphatic carbocycles. The molecule has 1 aromatic carbocycles. The lowest BCUT2D eigenvalue weighted by Crippen LogP contribution is -2.42. The molecule has 1 aromatic rings. The average molecular weight is 363 g/mol. The lowest BCUT2D eigenvalue weighted by Gasteiger charge is -2.28. The molecule has 0 saturated carbocycles. The van der Waals surface area contributed by atoms with Gasteiger partial charge in [-0.05, 0) is 24.5 Å². The lowest BCUT2D eigenvalue weighted by molar-refractivity contribution is 0.224. The van der Waals surface area contributed by atoms with Gasteiger partial charge >= 0.3 is 0 Å². The van der Waals surface area contributed by atoms with Crippen LogP contribution in [0.15, 0.2) is 12.1 Å². The molecule has 1 heterocycles. The lowest BCUT2D eigenvalue weighted by atomic mass is 10.1. The molecule has 1 fully saturated rings. The Morgan fingerprint density at radius 2 is 1.73 bits per heavy atom. The summed E-state index contributed by atoms with van der Waals surface area (Å²) in [6.45, 7) is 10.5. The van der Waals surface area contributed by atoms with E-state index in [0.29, 0.717) is 0 Å². The summed E-state index contributed by atoms with van der Waals surface area (Å²) in [6.07, 6.45) is 8.70. The SMILES string of the molecule is CCCCCCCCOc1c(CN2CCNCC2)cc(CC)cc1OC. The van der Waals surface area contributed by atoms with Crippen LogP contribution in [0.1, 0.15) is 63.5 Å². The molecule has 0 spiro atoms. The second kappa shape index (κ2) is 12.2. The fourth-order valence-electron chi connectivity index (χ4n) is 3.53. The van der Waals surface area contributed by atoms with E-state index >= 15 is 0 Å². The van der Waals surface area contributed by atoms with Gasteiger partial charge in [0.2, 0.25) is 0 Å². The third-order valence-corrected chi connectivity index (χ3v) is 5.17. The zero-order valence-electron chi connectivity index (χ0n) is 17.1. The first kappa shape index (κ1) is 21.0. The van der Waals surface area contributed by atoms with Crippen LogP contribution in [-0.2, 0) is 13.0 Å². The molecule has 0 radical (unpaired) electrons. The van der Waals surface area contributed by atoms with Crippen molar-refractivity contribution < 1.29 is 9.47 Å². The van der Waals surface area contributed by atoms with Crippen molar-refractivity contribution in [3.8, 4) is 11.5 Å².